The summed E-state index contributed by atoms with van der Waals surface area (Å²) in [6.45, 7) is 2.67. The van der Waals surface area contributed by atoms with E-state index in [1.165, 1.54) is 11.1 Å². The molecule has 106 valence electrons. The van der Waals surface area contributed by atoms with Crippen LogP contribution in [0.4, 0.5) is 0 Å². The second kappa shape index (κ2) is 5.89. The molecule has 2 N–H and O–H groups in total. The van der Waals surface area contributed by atoms with E-state index in [0.717, 1.165) is 17.5 Å². The van der Waals surface area contributed by atoms with Crippen LogP contribution in [0.2, 0.25) is 0 Å². The van der Waals surface area contributed by atoms with Gasteiger partial charge in [0, 0.05) is 11.1 Å². The average molecular weight is 279 g/mol. The number of aryl methyl sites for hydroxylation is 1. The molecule has 3 aromatic rings. The number of nitrogens with zero attached hydrogens (tertiary/aromatic N) is 2. The van der Waals surface area contributed by atoms with E-state index in [-0.39, 0.29) is 0 Å². The van der Waals surface area contributed by atoms with Crippen LogP contribution in [0.1, 0.15) is 11.1 Å². The fourth-order valence-corrected chi connectivity index (χ4v) is 2.27. The average Bonchev–Trinajstić information content (AvgIpc) is 2.98. The maximum Gasteiger partial charge on any atom is 0.258 e. The Morgan fingerprint density at radius 3 is 2.67 bits per heavy atom. The van der Waals surface area contributed by atoms with Crippen LogP contribution in [0.25, 0.3) is 22.8 Å². The Labute approximate surface area is 123 Å². The van der Waals surface area contributed by atoms with Crippen molar-refractivity contribution in [3.05, 3.63) is 59.7 Å². The summed E-state index contributed by atoms with van der Waals surface area (Å²) in [5.41, 5.74) is 9.82. The van der Waals surface area contributed by atoms with Crippen LogP contribution in [0, 0.1) is 6.92 Å². The first-order valence-corrected chi connectivity index (χ1v) is 6.96. The molecular formula is C17H17N3O. The van der Waals surface area contributed by atoms with E-state index in [1.807, 2.05) is 55.5 Å². The van der Waals surface area contributed by atoms with Gasteiger partial charge in [0.2, 0.25) is 5.82 Å². The molecule has 2 aromatic carbocycles. The zero-order valence-corrected chi connectivity index (χ0v) is 11.9. The van der Waals surface area contributed by atoms with Gasteiger partial charge in [-0.25, -0.2) is 0 Å². The van der Waals surface area contributed by atoms with Crippen molar-refractivity contribution in [1.29, 1.82) is 0 Å². The lowest BCUT2D eigenvalue weighted by molar-refractivity contribution is 0.432. The van der Waals surface area contributed by atoms with E-state index >= 15 is 0 Å². The van der Waals surface area contributed by atoms with Crippen molar-refractivity contribution in [1.82, 2.24) is 10.1 Å². The zero-order valence-electron chi connectivity index (χ0n) is 11.9. The Hall–Kier alpha value is -2.46. The minimum atomic E-state index is 0.533. The quantitative estimate of drug-likeness (QED) is 0.796. The maximum absolute atomic E-state index is 5.59. The van der Waals surface area contributed by atoms with Crippen LogP contribution in [0.15, 0.2) is 53.1 Å². The highest BCUT2D eigenvalue weighted by Crippen LogP contribution is 2.23. The van der Waals surface area contributed by atoms with Gasteiger partial charge in [0.05, 0.1) is 0 Å². The highest BCUT2D eigenvalue weighted by Gasteiger charge is 2.11. The van der Waals surface area contributed by atoms with Gasteiger partial charge in [-0.2, -0.15) is 4.98 Å². The summed E-state index contributed by atoms with van der Waals surface area (Å²) in [7, 11) is 0. The summed E-state index contributed by atoms with van der Waals surface area (Å²) in [6, 6.07) is 16.1. The molecule has 0 atom stereocenters. The topological polar surface area (TPSA) is 64.9 Å². The van der Waals surface area contributed by atoms with Crippen LogP contribution in [-0.2, 0) is 6.42 Å². The van der Waals surface area contributed by atoms with E-state index in [4.69, 9.17) is 10.3 Å². The SMILES string of the molecule is Cc1cccc(-c2noc(-c3cccc(CCN)c3)n2)c1. The van der Waals surface area contributed by atoms with Gasteiger partial charge < -0.3 is 10.3 Å². The van der Waals surface area contributed by atoms with Crippen LogP contribution in [-0.4, -0.2) is 16.7 Å². The Morgan fingerprint density at radius 2 is 1.86 bits per heavy atom. The largest absolute Gasteiger partial charge is 0.334 e. The van der Waals surface area contributed by atoms with Gasteiger partial charge in [-0.05, 0) is 43.7 Å². The minimum Gasteiger partial charge on any atom is -0.334 e. The molecule has 0 unspecified atom stereocenters. The van der Waals surface area contributed by atoms with E-state index in [1.54, 1.807) is 0 Å². The van der Waals surface area contributed by atoms with E-state index in [2.05, 4.69) is 10.1 Å². The predicted octanol–water partition coefficient (Wildman–Crippen LogP) is 3.21. The third-order valence-corrected chi connectivity index (χ3v) is 3.31. The third-order valence-electron chi connectivity index (χ3n) is 3.31. The molecule has 0 amide bonds. The van der Waals surface area contributed by atoms with Crippen molar-refractivity contribution in [2.24, 2.45) is 5.73 Å². The Kier molecular flexibility index (Phi) is 3.79. The van der Waals surface area contributed by atoms with Crippen molar-refractivity contribution in [3.8, 4) is 22.8 Å². The minimum absolute atomic E-state index is 0.533. The molecule has 0 saturated heterocycles. The fourth-order valence-electron chi connectivity index (χ4n) is 2.27. The molecular weight excluding hydrogens is 262 g/mol. The first kappa shape index (κ1) is 13.5. The molecule has 0 aliphatic rings. The molecule has 1 heterocycles. The third kappa shape index (κ3) is 3.01. The predicted molar refractivity (Wildman–Crippen MR) is 82.7 cm³/mol. The monoisotopic (exact) mass is 279 g/mol. The van der Waals surface area contributed by atoms with Crippen LogP contribution in [0.5, 0.6) is 0 Å². The van der Waals surface area contributed by atoms with Gasteiger partial charge in [-0.3, -0.25) is 0 Å². The fraction of sp³-hybridized carbons (Fsp3) is 0.176. The van der Waals surface area contributed by atoms with Gasteiger partial charge >= 0.3 is 0 Å². The van der Waals surface area contributed by atoms with E-state index in [9.17, 15) is 0 Å². The molecule has 0 spiro atoms. The Morgan fingerprint density at radius 1 is 1.05 bits per heavy atom. The second-order valence-electron chi connectivity index (χ2n) is 5.03. The normalized spacial score (nSPS) is 10.8. The van der Waals surface area contributed by atoms with Crippen LogP contribution >= 0.6 is 0 Å². The molecule has 21 heavy (non-hydrogen) atoms. The van der Waals surface area contributed by atoms with E-state index in [0.29, 0.717) is 18.3 Å². The standard InChI is InChI=1S/C17H17N3O/c1-12-4-2-6-14(10-12)16-19-17(21-20-16)15-7-3-5-13(11-15)8-9-18/h2-7,10-11H,8-9,18H2,1H3. The summed E-state index contributed by atoms with van der Waals surface area (Å²) in [6.07, 6.45) is 0.840. The molecule has 0 aliphatic heterocycles. The first-order valence-electron chi connectivity index (χ1n) is 6.96. The highest BCUT2D eigenvalue weighted by molar-refractivity contribution is 5.60. The van der Waals surface area contributed by atoms with Gasteiger partial charge in [-0.15, -0.1) is 0 Å². The lowest BCUT2D eigenvalue weighted by Gasteiger charge is -2.00. The number of hydrogen-bond acceptors (Lipinski definition) is 4. The second-order valence-corrected chi connectivity index (χ2v) is 5.03. The van der Waals surface area contributed by atoms with Gasteiger partial charge in [0.25, 0.3) is 5.89 Å². The van der Waals surface area contributed by atoms with E-state index < -0.39 is 0 Å². The summed E-state index contributed by atoms with van der Waals surface area (Å²) in [4.78, 5) is 4.48. The summed E-state index contributed by atoms with van der Waals surface area (Å²) in [5.74, 6) is 1.14. The van der Waals surface area contributed by atoms with Gasteiger partial charge in [0.1, 0.15) is 0 Å². The van der Waals surface area contributed by atoms with Gasteiger partial charge in [-0.1, -0.05) is 41.1 Å². The zero-order chi connectivity index (χ0) is 14.7. The number of hydrogen-bond donors (Lipinski definition) is 1. The molecule has 4 heteroatoms. The van der Waals surface area contributed by atoms with Crippen LogP contribution < -0.4 is 5.73 Å². The maximum atomic E-state index is 5.59. The molecule has 0 bridgehead atoms. The Bertz CT molecular complexity index is 749. The van der Waals surface area contributed by atoms with Crippen molar-refractivity contribution >= 4 is 0 Å². The lowest BCUT2D eigenvalue weighted by Crippen LogP contribution is -2.02. The van der Waals surface area contributed by atoms with Crippen molar-refractivity contribution in [2.75, 3.05) is 6.54 Å². The van der Waals surface area contributed by atoms with Crippen LogP contribution in [0.3, 0.4) is 0 Å². The van der Waals surface area contributed by atoms with Crippen molar-refractivity contribution in [2.45, 2.75) is 13.3 Å². The highest BCUT2D eigenvalue weighted by atomic mass is 16.5. The van der Waals surface area contributed by atoms with Gasteiger partial charge in [0.15, 0.2) is 0 Å². The van der Waals surface area contributed by atoms with Crippen molar-refractivity contribution < 1.29 is 4.52 Å². The number of rotatable bonds is 4. The number of nitrogens with two attached hydrogens (primary N) is 1. The number of aromatic nitrogens is 2. The number of benzene rings is 2. The molecule has 1 aromatic heterocycles. The summed E-state index contributed by atoms with van der Waals surface area (Å²) >= 11 is 0. The Balaban J connectivity index is 1.93. The lowest BCUT2D eigenvalue weighted by atomic mass is 10.1. The van der Waals surface area contributed by atoms with Crippen molar-refractivity contribution in [3.63, 3.8) is 0 Å². The smallest absolute Gasteiger partial charge is 0.258 e. The first-order chi connectivity index (χ1) is 10.3. The summed E-state index contributed by atoms with van der Waals surface area (Å²) in [5, 5.41) is 4.07. The molecule has 0 fully saturated rings. The molecule has 0 radical (unpaired) electrons. The molecule has 0 saturated carbocycles. The molecule has 0 aliphatic carbocycles. The molecule has 3 rings (SSSR count). The molecule has 4 nitrogen and oxygen atoms in total. The summed E-state index contributed by atoms with van der Waals surface area (Å²) < 4.78 is 5.39.